The summed E-state index contributed by atoms with van der Waals surface area (Å²) < 4.78 is 20.1. The van der Waals surface area contributed by atoms with Crippen molar-refractivity contribution in [2.75, 3.05) is 6.54 Å². The number of para-hydroxylation sites is 1. The number of carbonyl (C=O) groups is 1. The highest BCUT2D eigenvalue weighted by atomic mass is 19.1. The summed E-state index contributed by atoms with van der Waals surface area (Å²) >= 11 is 0. The monoisotopic (exact) mass is 404 g/mol. The van der Waals surface area contributed by atoms with Gasteiger partial charge in [-0.05, 0) is 31.7 Å². The highest BCUT2D eigenvalue weighted by molar-refractivity contribution is 5.90. The quantitative estimate of drug-likeness (QED) is 0.520. The molecule has 0 unspecified atom stereocenters. The SMILES string of the molecule is O=C1OC2(CCCCC2)C[N@+]1(c1ccccc1)c1ncc(-c2ccccc2F)cn1. The van der Waals surface area contributed by atoms with Crippen LogP contribution < -0.4 is 4.48 Å². The second-order valence-electron chi connectivity index (χ2n) is 8.17. The summed E-state index contributed by atoms with van der Waals surface area (Å²) in [5.41, 5.74) is 1.31. The number of carbonyl (C=O) groups excluding carboxylic acids is 1. The number of quaternary nitrogens is 1. The third-order valence-corrected chi connectivity index (χ3v) is 6.27. The zero-order chi connectivity index (χ0) is 20.6. The number of rotatable bonds is 3. The maximum Gasteiger partial charge on any atom is 0.530 e. The average molecular weight is 404 g/mol. The smallest absolute Gasteiger partial charge is 0.407 e. The van der Waals surface area contributed by atoms with E-state index < -0.39 is 5.60 Å². The van der Waals surface area contributed by atoms with Gasteiger partial charge in [0.1, 0.15) is 12.4 Å². The van der Waals surface area contributed by atoms with Crippen molar-refractivity contribution in [1.29, 1.82) is 0 Å². The van der Waals surface area contributed by atoms with Crippen LogP contribution in [0.5, 0.6) is 0 Å². The van der Waals surface area contributed by atoms with Gasteiger partial charge in [-0.3, -0.25) is 0 Å². The molecule has 30 heavy (non-hydrogen) atoms. The van der Waals surface area contributed by atoms with E-state index in [2.05, 4.69) is 9.97 Å². The van der Waals surface area contributed by atoms with Crippen LogP contribution in [0.25, 0.3) is 11.1 Å². The van der Waals surface area contributed by atoms with Crippen LogP contribution in [0, 0.1) is 5.82 Å². The molecule has 1 aromatic heterocycles. The van der Waals surface area contributed by atoms with Crippen LogP contribution >= 0.6 is 0 Å². The van der Waals surface area contributed by atoms with Crippen LogP contribution in [0.4, 0.5) is 20.8 Å². The van der Waals surface area contributed by atoms with E-state index in [4.69, 9.17) is 4.74 Å². The number of amides is 1. The van der Waals surface area contributed by atoms with Crippen LogP contribution in [-0.4, -0.2) is 28.2 Å². The molecule has 1 aliphatic carbocycles. The van der Waals surface area contributed by atoms with Gasteiger partial charge in [-0.15, -0.1) is 4.48 Å². The van der Waals surface area contributed by atoms with E-state index in [1.807, 2.05) is 30.3 Å². The number of aromatic nitrogens is 2. The first-order chi connectivity index (χ1) is 14.6. The lowest BCUT2D eigenvalue weighted by Gasteiger charge is -2.30. The Morgan fingerprint density at radius 1 is 0.900 bits per heavy atom. The van der Waals surface area contributed by atoms with E-state index in [1.54, 1.807) is 30.6 Å². The van der Waals surface area contributed by atoms with Gasteiger partial charge in [-0.2, -0.15) is 14.8 Å². The lowest BCUT2D eigenvalue weighted by atomic mass is 9.84. The maximum atomic E-state index is 14.2. The third-order valence-electron chi connectivity index (χ3n) is 6.27. The topological polar surface area (TPSA) is 52.1 Å². The molecular weight excluding hydrogens is 381 g/mol. The van der Waals surface area contributed by atoms with Crippen LogP contribution in [0.1, 0.15) is 32.1 Å². The van der Waals surface area contributed by atoms with Crippen LogP contribution in [0.2, 0.25) is 0 Å². The van der Waals surface area contributed by atoms with Crippen LogP contribution in [-0.2, 0) is 4.74 Å². The number of benzene rings is 2. The Bertz CT molecular complexity index is 1070. The number of halogens is 1. The summed E-state index contributed by atoms with van der Waals surface area (Å²) in [6, 6.07) is 16.1. The molecule has 2 heterocycles. The fourth-order valence-corrected chi connectivity index (χ4v) is 4.75. The van der Waals surface area contributed by atoms with Gasteiger partial charge in [0, 0.05) is 35.7 Å². The Morgan fingerprint density at radius 3 is 2.27 bits per heavy atom. The Labute approximate surface area is 174 Å². The average Bonchev–Trinajstić information content (AvgIpc) is 3.07. The van der Waals surface area contributed by atoms with Crippen LogP contribution in [0.15, 0.2) is 67.0 Å². The molecule has 1 amide bonds. The van der Waals surface area contributed by atoms with Gasteiger partial charge in [0.15, 0.2) is 11.3 Å². The molecule has 1 saturated carbocycles. The van der Waals surface area contributed by atoms with Crippen molar-refractivity contribution in [2.45, 2.75) is 37.7 Å². The molecule has 5 nitrogen and oxygen atoms in total. The molecule has 152 valence electrons. The fraction of sp³-hybridized carbons (Fsp3) is 0.292. The van der Waals surface area contributed by atoms with Crippen molar-refractivity contribution in [3.05, 3.63) is 72.8 Å². The number of nitrogens with zero attached hydrogens (tertiary/aromatic N) is 3. The molecule has 0 bridgehead atoms. The first-order valence-corrected chi connectivity index (χ1v) is 10.4. The third kappa shape index (κ3) is 2.99. The van der Waals surface area contributed by atoms with Gasteiger partial charge in [-0.25, -0.2) is 4.39 Å². The molecule has 1 aliphatic heterocycles. The van der Waals surface area contributed by atoms with Crippen molar-refractivity contribution in [1.82, 2.24) is 14.5 Å². The lowest BCUT2D eigenvalue weighted by Crippen LogP contribution is -2.49. The summed E-state index contributed by atoms with van der Waals surface area (Å²) in [5.74, 6) is 0.0243. The van der Waals surface area contributed by atoms with Crippen molar-refractivity contribution in [3.8, 4) is 11.1 Å². The summed E-state index contributed by atoms with van der Waals surface area (Å²) in [7, 11) is 0. The normalized spacial score (nSPS) is 22.8. The number of hydrogen-bond donors (Lipinski definition) is 0. The molecule has 1 spiro atoms. The molecule has 0 N–H and O–H groups in total. The molecule has 0 radical (unpaired) electrons. The highest BCUT2D eigenvalue weighted by Crippen LogP contribution is 2.46. The Morgan fingerprint density at radius 2 is 1.57 bits per heavy atom. The number of ether oxygens (including phenoxy) is 1. The zero-order valence-electron chi connectivity index (χ0n) is 16.6. The van der Waals surface area contributed by atoms with E-state index in [-0.39, 0.29) is 16.4 Å². The Balaban J connectivity index is 1.60. The second kappa shape index (κ2) is 7.29. The van der Waals surface area contributed by atoms with E-state index in [9.17, 15) is 9.18 Å². The van der Waals surface area contributed by atoms with Gasteiger partial charge < -0.3 is 4.74 Å². The minimum Gasteiger partial charge on any atom is -0.407 e. The van der Waals surface area contributed by atoms with E-state index in [0.29, 0.717) is 23.6 Å². The molecule has 1 saturated heterocycles. The maximum absolute atomic E-state index is 14.2. The summed E-state index contributed by atoms with van der Waals surface area (Å²) in [5, 5.41) is 0. The summed E-state index contributed by atoms with van der Waals surface area (Å²) in [4.78, 5) is 22.5. The predicted octanol–water partition coefficient (Wildman–Crippen LogP) is 5.77. The largest absolute Gasteiger partial charge is 0.530 e. The van der Waals surface area contributed by atoms with Crippen molar-refractivity contribution >= 4 is 17.7 Å². The van der Waals surface area contributed by atoms with Crippen molar-refractivity contribution in [3.63, 3.8) is 0 Å². The molecule has 6 heteroatoms. The molecule has 3 aromatic rings. The summed E-state index contributed by atoms with van der Waals surface area (Å²) in [6.07, 6.45) is 7.81. The van der Waals surface area contributed by atoms with Crippen molar-refractivity contribution < 1.29 is 13.9 Å². The molecule has 1 atom stereocenters. The number of hydrogen-bond acceptors (Lipinski definition) is 4. The minimum atomic E-state index is -0.473. The fourth-order valence-electron chi connectivity index (χ4n) is 4.75. The zero-order valence-corrected chi connectivity index (χ0v) is 16.6. The van der Waals surface area contributed by atoms with Gasteiger partial charge in [0.25, 0.3) is 0 Å². The molecular formula is C24H23FN3O2+. The first kappa shape index (κ1) is 18.9. The highest BCUT2D eigenvalue weighted by Gasteiger charge is 2.62. The lowest BCUT2D eigenvalue weighted by molar-refractivity contribution is 0.0260. The standard InChI is InChI=1S/C24H23FN3O2/c25-21-12-6-5-11-20(21)18-15-26-22(27-16-18)28(19-9-3-1-4-10-19)17-24(30-23(28)29)13-7-2-8-14-24/h1,3-6,9-12,15-16H,2,7-8,13-14,17H2/q+1/t28-/m0/s1. The Hall–Kier alpha value is -3.12. The van der Waals surface area contributed by atoms with E-state index >= 15 is 0 Å². The van der Waals surface area contributed by atoms with E-state index in [0.717, 1.165) is 31.4 Å². The molecule has 5 rings (SSSR count). The molecule has 2 fully saturated rings. The second-order valence-corrected chi connectivity index (χ2v) is 8.17. The summed E-state index contributed by atoms with van der Waals surface area (Å²) in [6.45, 7) is 0.481. The van der Waals surface area contributed by atoms with Gasteiger partial charge in [0.05, 0.1) is 0 Å². The van der Waals surface area contributed by atoms with Gasteiger partial charge in [-0.1, -0.05) is 42.8 Å². The van der Waals surface area contributed by atoms with Gasteiger partial charge >= 0.3 is 12.0 Å². The van der Waals surface area contributed by atoms with Crippen LogP contribution in [0.3, 0.4) is 0 Å². The van der Waals surface area contributed by atoms with Crippen molar-refractivity contribution in [2.24, 2.45) is 0 Å². The predicted molar refractivity (Wildman–Crippen MR) is 112 cm³/mol. The molecule has 2 aliphatic rings. The Kier molecular flexibility index (Phi) is 4.59. The first-order valence-electron chi connectivity index (χ1n) is 10.4. The molecule has 2 aromatic carbocycles. The van der Waals surface area contributed by atoms with Gasteiger partial charge in [0.2, 0.25) is 0 Å². The van der Waals surface area contributed by atoms with E-state index in [1.165, 1.54) is 12.5 Å². The minimum absolute atomic E-state index is 0.168.